The van der Waals surface area contributed by atoms with Crippen molar-refractivity contribution in [2.75, 3.05) is 31.1 Å². The maximum atomic E-state index is 6.40. The number of nitrogens with one attached hydrogen (secondary N) is 2. The van der Waals surface area contributed by atoms with E-state index in [9.17, 15) is 0 Å². The van der Waals surface area contributed by atoms with Gasteiger partial charge in [0.15, 0.2) is 5.96 Å². The molecule has 1 aliphatic heterocycles. The Morgan fingerprint density at radius 3 is 2.93 bits per heavy atom. The van der Waals surface area contributed by atoms with E-state index in [2.05, 4.69) is 44.1 Å². The number of aliphatic imine (C=N–C) groups is 1. The fourth-order valence-electron chi connectivity index (χ4n) is 3.76. The van der Waals surface area contributed by atoms with Crippen LogP contribution in [0.1, 0.15) is 38.4 Å². The number of unbranched alkanes of at least 4 members (excludes halogenated alkanes) is 1. The molecule has 2 aromatic rings. The minimum absolute atomic E-state index is 0.367. The number of halogens is 1. The molecule has 2 heterocycles. The molecule has 1 fully saturated rings. The molecule has 29 heavy (non-hydrogen) atoms. The van der Waals surface area contributed by atoms with E-state index >= 15 is 0 Å². The molecular formula is C22H33ClN6. The Morgan fingerprint density at radius 2 is 2.17 bits per heavy atom. The van der Waals surface area contributed by atoms with Crippen molar-refractivity contribution in [1.29, 1.82) is 0 Å². The Labute approximate surface area is 179 Å². The Hall–Kier alpha value is -2.21. The van der Waals surface area contributed by atoms with Gasteiger partial charge in [-0.3, -0.25) is 4.99 Å². The molecule has 1 aliphatic rings. The van der Waals surface area contributed by atoms with Crippen LogP contribution in [0.4, 0.5) is 5.69 Å². The molecule has 0 radical (unpaired) electrons. The molecule has 3 rings (SSSR count). The third kappa shape index (κ3) is 6.39. The molecule has 0 spiro atoms. The summed E-state index contributed by atoms with van der Waals surface area (Å²) in [5, 5.41) is 7.84. The number of para-hydroxylation sites is 1. The summed E-state index contributed by atoms with van der Waals surface area (Å²) < 4.78 is 2.19. The molecular weight excluding hydrogens is 384 g/mol. The first-order valence-corrected chi connectivity index (χ1v) is 11.1. The highest BCUT2D eigenvalue weighted by Gasteiger charge is 2.22. The summed E-state index contributed by atoms with van der Waals surface area (Å²) in [5.74, 6) is 1.99. The number of hydrogen-bond donors (Lipinski definition) is 2. The minimum atomic E-state index is 0.367. The Balaban J connectivity index is 1.49. The number of rotatable bonds is 8. The first-order chi connectivity index (χ1) is 14.2. The summed E-state index contributed by atoms with van der Waals surface area (Å²) in [5.41, 5.74) is 1.12. The maximum Gasteiger partial charge on any atom is 0.191 e. The average molecular weight is 417 g/mol. The Morgan fingerprint density at radius 1 is 1.31 bits per heavy atom. The summed E-state index contributed by atoms with van der Waals surface area (Å²) in [6.07, 6.45) is 8.35. The van der Waals surface area contributed by atoms with Crippen LogP contribution in [0, 0.1) is 6.92 Å². The van der Waals surface area contributed by atoms with Gasteiger partial charge < -0.3 is 20.1 Å². The van der Waals surface area contributed by atoms with Crippen LogP contribution >= 0.6 is 11.6 Å². The molecule has 0 amide bonds. The monoisotopic (exact) mass is 416 g/mol. The van der Waals surface area contributed by atoms with Crippen LogP contribution in [0.15, 0.2) is 41.7 Å². The van der Waals surface area contributed by atoms with Crippen LogP contribution in [-0.2, 0) is 6.54 Å². The fourth-order valence-corrected chi connectivity index (χ4v) is 4.02. The van der Waals surface area contributed by atoms with Crippen LogP contribution in [-0.4, -0.2) is 47.7 Å². The lowest BCUT2D eigenvalue weighted by Gasteiger charge is -2.35. The molecule has 1 unspecified atom stereocenters. The van der Waals surface area contributed by atoms with E-state index < -0.39 is 0 Å². The van der Waals surface area contributed by atoms with Crippen molar-refractivity contribution in [1.82, 2.24) is 20.2 Å². The number of aryl methyl sites for hydroxylation is 2. The lowest BCUT2D eigenvalue weighted by atomic mass is 10.0. The number of piperidine rings is 1. The highest BCUT2D eigenvalue weighted by atomic mass is 35.5. The van der Waals surface area contributed by atoms with Gasteiger partial charge in [0.25, 0.3) is 0 Å². The van der Waals surface area contributed by atoms with Gasteiger partial charge in [-0.2, -0.15) is 0 Å². The first-order valence-electron chi connectivity index (χ1n) is 10.7. The second-order valence-electron chi connectivity index (χ2n) is 7.52. The number of aromatic nitrogens is 2. The molecule has 0 aliphatic carbocycles. The Kier molecular flexibility index (Phi) is 8.23. The molecule has 1 atom stereocenters. The van der Waals surface area contributed by atoms with Gasteiger partial charge in [-0.15, -0.1) is 0 Å². The molecule has 1 saturated heterocycles. The number of benzene rings is 1. The summed E-state index contributed by atoms with van der Waals surface area (Å²) in [6, 6.07) is 8.47. The van der Waals surface area contributed by atoms with Crippen LogP contribution in [0.3, 0.4) is 0 Å². The first kappa shape index (κ1) is 21.5. The van der Waals surface area contributed by atoms with Gasteiger partial charge in [0.05, 0.1) is 10.7 Å². The normalized spacial score (nSPS) is 17.4. The summed E-state index contributed by atoms with van der Waals surface area (Å²) in [7, 11) is 0. The molecule has 1 aromatic carbocycles. The van der Waals surface area contributed by atoms with Crippen molar-refractivity contribution in [2.45, 2.75) is 52.1 Å². The third-order valence-corrected chi connectivity index (χ3v) is 5.62. The summed E-state index contributed by atoms with van der Waals surface area (Å²) >= 11 is 6.40. The van der Waals surface area contributed by atoms with E-state index in [-0.39, 0.29) is 0 Å². The number of hydrogen-bond acceptors (Lipinski definition) is 3. The summed E-state index contributed by atoms with van der Waals surface area (Å²) in [6.45, 7) is 8.82. The molecule has 0 bridgehead atoms. The van der Waals surface area contributed by atoms with Gasteiger partial charge >= 0.3 is 0 Å². The molecule has 158 valence electrons. The van der Waals surface area contributed by atoms with Crippen molar-refractivity contribution in [3.05, 3.63) is 47.5 Å². The van der Waals surface area contributed by atoms with E-state index in [0.29, 0.717) is 6.04 Å². The number of anilines is 1. The van der Waals surface area contributed by atoms with Crippen molar-refractivity contribution >= 4 is 23.2 Å². The van der Waals surface area contributed by atoms with Crippen molar-refractivity contribution < 1.29 is 0 Å². The van der Waals surface area contributed by atoms with E-state index in [1.165, 1.54) is 0 Å². The van der Waals surface area contributed by atoms with Gasteiger partial charge in [-0.1, -0.05) is 23.7 Å². The highest BCUT2D eigenvalue weighted by molar-refractivity contribution is 6.33. The van der Waals surface area contributed by atoms with E-state index in [4.69, 9.17) is 16.6 Å². The number of guanidine groups is 1. The minimum Gasteiger partial charge on any atom is -0.368 e. The largest absolute Gasteiger partial charge is 0.368 e. The van der Waals surface area contributed by atoms with Crippen LogP contribution in [0.25, 0.3) is 0 Å². The zero-order valence-corrected chi connectivity index (χ0v) is 18.3. The van der Waals surface area contributed by atoms with Crippen molar-refractivity contribution in [3.63, 3.8) is 0 Å². The number of imidazole rings is 1. The topological polar surface area (TPSA) is 57.5 Å². The van der Waals surface area contributed by atoms with Crippen LogP contribution < -0.4 is 15.5 Å². The SMILES string of the molecule is CCNC(=NCCCCn1ccnc1C)NC1CCCN(c2ccccc2Cl)C1. The van der Waals surface area contributed by atoms with Gasteiger partial charge in [0, 0.05) is 51.2 Å². The van der Waals surface area contributed by atoms with Crippen molar-refractivity contribution in [2.24, 2.45) is 4.99 Å². The molecule has 2 N–H and O–H groups in total. The predicted molar refractivity (Wildman–Crippen MR) is 122 cm³/mol. The fraction of sp³-hybridized carbons (Fsp3) is 0.545. The van der Waals surface area contributed by atoms with Crippen LogP contribution in [0.5, 0.6) is 0 Å². The van der Waals surface area contributed by atoms with E-state index in [1.54, 1.807) is 0 Å². The lowest BCUT2D eigenvalue weighted by molar-refractivity contribution is 0.468. The quantitative estimate of drug-likeness (QED) is 0.390. The molecule has 6 nitrogen and oxygen atoms in total. The Bertz CT molecular complexity index is 787. The molecule has 7 heteroatoms. The number of nitrogens with zero attached hydrogens (tertiary/aromatic N) is 4. The zero-order chi connectivity index (χ0) is 20.5. The molecule has 1 aromatic heterocycles. The second-order valence-corrected chi connectivity index (χ2v) is 7.92. The third-order valence-electron chi connectivity index (χ3n) is 5.30. The zero-order valence-electron chi connectivity index (χ0n) is 17.6. The van der Waals surface area contributed by atoms with Gasteiger partial charge in [0.1, 0.15) is 5.82 Å². The maximum absolute atomic E-state index is 6.40. The van der Waals surface area contributed by atoms with Crippen molar-refractivity contribution in [3.8, 4) is 0 Å². The van der Waals surface area contributed by atoms with Crippen LogP contribution in [0.2, 0.25) is 5.02 Å². The standard InChI is InChI=1S/C22H33ClN6/c1-3-24-22(26-12-6-7-14-28-16-13-25-18(28)2)27-19-9-8-15-29(17-19)21-11-5-4-10-20(21)23/h4-5,10-11,13,16,19H,3,6-9,12,14-15,17H2,1-2H3,(H2,24,26,27). The second kappa shape index (κ2) is 11.1. The highest BCUT2D eigenvalue weighted by Crippen LogP contribution is 2.27. The lowest BCUT2D eigenvalue weighted by Crippen LogP contribution is -2.51. The van der Waals surface area contributed by atoms with Gasteiger partial charge in [0.2, 0.25) is 0 Å². The van der Waals surface area contributed by atoms with E-state index in [0.717, 1.165) is 80.9 Å². The summed E-state index contributed by atoms with van der Waals surface area (Å²) in [4.78, 5) is 11.4. The average Bonchev–Trinajstić information content (AvgIpc) is 3.13. The predicted octanol–water partition coefficient (Wildman–Crippen LogP) is 3.85. The smallest absolute Gasteiger partial charge is 0.191 e. The van der Waals surface area contributed by atoms with E-state index in [1.807, 2.05) is 31.5 Å². The van der Waals surface area contributed by atoms with Gasteiger partial charge in [-0.25, -0.2) is 4.98 Å². The van der Waals surface area contributed by atoms with Gasteiger partial charge in [-0.05, 0) is 51.7 Å². The molecule has 0 saturated carbocycles.